The Bertz CT molecular complexity index is 4040. The van der Waals surface area contributed by atoms with Crippen LogP contribution in [0.25, 0.3) is 0 Å². The summed E-state index contributed by atoms with van der Waals surface area (Å²) in [6.45, 7) is 28.6. The van der Waals surface area contributed by atoms with Gasteiger partial charge in [-0.3, -0.25) is 0 Å². The van der Waals surface area contributed by atoms with E-state index < -0.39 is 0 Å². The third kappa shape index (κ3) is 35.2. The summed E-state index contributed by atoms with van der Waals surface area (Å²) in [4.78, 5) is 0. The maximum atomic E-state index is 10.0. The molecule has 0 heterocycles. The minimum absolute atomic E-state index is 0.0139. The van der Waals surface area contributed by atoms with Gasteiger partial charge in [-0.15, -0.1) is 13.2 Å². The number of phenolic OH excluding ortho intramolecular Hbond substituents is 4. The van der Waals surface area contributed by atoms with Crippen LogP contribution in [-0.4, -0.2) is 89.5 Å². The number of hydrogen-bond donors (Lipinski definition) is 5. The molecule has 0 radical (unpaired) electrons. The number of aryl methyl sites for hydroxylation is 2. The Labute approximate surface area is 640 Å². The third-order valence-electron chi connectivity index (χ3n) is 16.0. The van der Waals surface area contributed by atoms with E-state index in [-0.39, 0.29) is 22.3 Å². The maximum absolute atomic E-state index is 10.0. The third-order valence-corrected chi connectivity index (χ3v) is 16.0. The van der Waals surface area contributed by atoms with Gasteiger partial charge in [0.15, 0.2) is 11.5 Å². The number of ether oxygens (including phenoxy) is 8. The second kappa shape index (κ2) is 54.1. The van der Waals surface area contributed by atoms with E-state index >= 15 is 0 Å². The Morgan fingerprint density at radius 1 is 0.299 bits per heavy atom. The zero-order valence-corrected chi connectivity index (χ0v) is 66.6. The van der Waals surface area contributed by atoms with Crippen molar-refractivity contribution in [2.24, 2.45) is 0 Å². The van der Waals surface area contributed by atoms with E-state index in [4.69, 9.17) is 53.2 Å². The molecule has 0 fully saturated rings. The van der Waals surface area contributed by atoms with Crippen LogP contribution >= 0.6 is 0 Å². The molecule has 0 aromatic heterocycles. The molecule has 5 N–H and O–H groups in total. The topological polar surface area (TPSA) is 175 Å². The van der Waals surface area contributed by atoms with E-state index in [0.717, 1.165) is 71.1 Å². The van der Waals surface area contributed by atoms with Crippen molar-refractivity contribution in [2.75, 3.05) is 64.0 Å². The fraction of sp³-hybridized carbons (Fsp3) is 0.255. The number of benzene rings is 11. The van der Waals surface area contributed by atoms with Crippen LogP contribution in [0.15, 0.2) is 292 Å². The van der Waals surface area contributed by atoms with Gasteiger partial charge in [0.2, 0.25) is 0 Å². The first-order valence-corrected chi connectivity index (χ1v) is 35.3. The van der Waals surface area contributed by atoms with Crippen LogP contribution in [0.4, 0.5) is 0 Å². The molecule has 0 aliphatic rings. The Kier molecular flexibility index (Phi) is 47.3. The number of allylic oxidation sites excluding steroid dienone is 2. The van der Waals surface area contributed by atoms with Crippen LogP contribution in [-0.2, 0) is 30.1 Å². The second-order valence-electron chi connectivity index (χ2n) is 23.8. The van der Waals surface area contributed by atoms with E-state index in [1.54, 1.807) is 123 Å². The minimum atomic E-state index is -0.189. The quantitative estimate of drug-likeness (QED) is 0.0514. The van der Waals surface area contributed by atoms with E-state index in [0.29, 0.717) is 29.4 Å². The van der Waals surface area contributed by atoms with Gasteiger partial charge in [0, 0.05) is 24.0 Å². The molecule has 0 spiro atoms. The molecule has 0 saturated carbocycles. The molecule has 0 amide bonds. The number of aliphatic hydroxyl groups is 1. The molecule has 0 unspecified atom stereocenters. The van der Waals surface area contributed by atoms with Crippen molar-refractivity contribution in [3.05, 3.63) is 348 Å². The molecule has 0 aliphatic carbocycles. The van der Waals surface area contributed by atoms with Gasteiger partial charge < -0.3 is 63.4 Å². The summed E-state index contributed by atoms with van der Waals surface area (Å²) in [7, 11) is 14.1. The van der Waals surface area contributed by atoms with Crippen molar-refractivity contribution in [1.29, 1.82) is 0 Å². The van der Waals surface area contributed by atoms with Crippen molar-refractivity contribution < 1.29 is 63.4 Å². The normalized spacial score (nSPS) is 9.64. The lowest BCUT2D eigenvalue weighted by Crippen LogP contribution is -2.19. The van der Waals surface area contributed by atoms with Gasteiger partial charge in [-0.25, -0.2) is 0 Å². The second-order valence-corrected chi connectivity index (χ2v) is 23.8. The van der Waals surface area contributed by atoms with Gasteiger partial charge in [-0.1, -0.05) is 230 Å². The van der Waals surface area contributed by atoms with Crippen molar-refractivity contribution in [3.8, 4) is 69.0 Å². The van der Waals surface area contributed by atoms with Crippen molar-refractivity contribution in [3.63, 3.8) is 0 Å². The Morgan fingerprint density at radius 2 is 0.636 bits per heavy atom. The summed E-state index contributed by atoms with van der Waals surface area (Å²) in [5.74, 6) is 7.61. The van der Waals surface area contributed by atoms with Crippen LogP contribution in [0, 0.1) is 13.8 Å². The zero-order valence-electron chi connectivity index (χ0n) is 66.6. The standard InChI is InChI=1S/C22H26O2.C17H20O.C14H14O2.C8H10O.2C7H8O2.2C7H8O.2C2H6.CH4O/c1-6-8-16-14-18(10-12-20(16)23)22(3,4)19-11-13-21(24-5)17(15-19)9-7-2;1-13-5-7-14(8-6-13)17(2,3)15-9-11-16(18-4)12-10-15;1-16-14-8-4-12(5-9-14)10-11-2-6-13(15)7-3-11;1-7-3-5-8(9-2)6-4-7;1-9-7-4-2-3-6(8)5-7;1-9-7-5-3-2-4-6(7)8;2*1-8-7-5-3-2-4-6-7;3*1-2/h6-7,10-15,23H,1-2,8-9H2,3-5H3;5-12H,1-4H3;2-9,15H,10H2,1H3;3-6H,1-2H3;2*2-5,8H,1H3;2*2-6H,1H3;2*1-2H3;2H,1H3. The molecule has 572 valence electrons. The number of aliphatic hydroxyl groups excluding tert-OH is 1. The van der Waals surface area contributed by atoms with Gasteiger partial charge in [-0.2, -0.15) is 0 Å². The summed E-state index contributed by atoms with van der Waals surface area (Å²) in [6.07, 6.45) is 5.98. The fourth-order valence-corrected chi connectivity index (χ4v) is 9.71. The Balaban J connectivity index is 0.000000624. The number of para-hydroxylation sites is 4. The molecule has 107 heavy (non-hydrogen) atoms. The number of aromatic hydroxyl groups is 4. The molecule has 0 saturated heterocycles. The molecule has 0 aliphatic heterocycles. The lowest BCUT2D eigenvalue weighted by Gasteiger charge is -2.28. The SMILES string of the molecule is C=CCc1cc(C(C)(C)c2ccc(OC)c(CC=C)c2)ccc1O.CC.CC.CO.COc1ccc(C(C)(C)c2ccc(C)cc2)cc1.COc1ccc(C)cc1.COc1ccc(Cc2ccc(O)cc2)cc1.COc1cccc(O)c1.COc1ccccc1.COc1ccccc1.COc1ccccc1O. The molecule has 11 rings (SSSR count). The minimum Gasteiger partial charge on any atom is -0.508 e. The van der Waals surface area contributed by atoms with E-state index in [9.17, 15) is 10.2 Å². The van der Waals surface area contributed by atoms with Crippen LogP contribution < -0.4 is 37.9 Å². The summed E-state index contributed by atoms with van der Waals surface area (Å²) in [6, 6.07) is 85.3. The van der Waals surface area contributed by atoms with Crippen molar-refractivity contribution in [1.82, 2.24) is 0 Å². The highest BCUT2D eigenvalue weighted by Crippen LogP contribution is 2.37. The van der Waals surface area contributed by atoms with E-state index in [1.165, 1.54) is 46.1 Å². The summed E-state index contributed by atoms with van der Waals surface area (Å²) in [5, 5.41) is 44.0. The molecular weight excluding hydrogens is 1340 g/mol. The molecule has 11 aromatic carbocycles. The van der Waals surface area contributed by atoms with Crippen LogP contribution in [0.2, 0.25) is 0 Å². The molecule has 0 atom stereocenters. The highest BCUT2D eigenvalue weighted by molar-refractivity contribution is 5.49. The number of phenols is 4. The summed E-state index contributed by atoms with van der Waals surface area (Å²) in [5.41, 5.74) is 11.8. The first kappa shape index (κ1) is 93.5. The largest absolute Gasteiger partial charge is 0.508 e. The number of rotatable bonds is 18. The molecule has 0 bridgehead atoms. The smallest absolute Gasteiger partial charge is 0.160 e. The number of methoxy groups -OCH3 is 8. The number of hydrogen-bond acceptors (Lipinski definition) is 13. The molecule has 13 heteroatoms. The van der Waals surface area contributed by atoms with E-state index in [1.807, 2.05) is 179 Å². The average molecular weight is 1460 g/mol. The molecule has 13 nitrogen and oxygen atoms in total. The highest BCUT2D eigenvalue weighted by atomic mass is 16.5. The lowest BCUT2D eigenvalue weighted by molar-refractivity contribution is 0.373. The van der Waals surface area contributed by atoms with Crippen LogP contribution in [0.1, 0.15) is 111 Å². The van der Waals surface area contributed by atoms with Crippen molar-refractivity contribution in [2.45, 2.75) is 99.3 Å². The van der Waals surface area contributed by atoms with Gasteiger partial charge >= 0.3 is 0 Å². The monoisotopic (exact) mass is 1450 g/mol. The summed E-state index contributed by atoms with van der Waals surface area (Å²) < 4.78 is 40.2. The van der Waals surface area contributed by atoms with Gasteiger partial charge in [0.1, 0.15) is 57.5 Å². The average Bonchev–Trinajstić information content (AvgIpc) is 0.796. The first-order chi connectivity index (χ1) is 51.6. The Morgan fingerprint density at radius 3 is 1.03 bits per heavy atom. The van der Waals surface area contributed by atoms with E-state index in [2.05, 4.69) is 109 Å². The van der Waals surface area contributed by atoms with Gasteiger partial charge in [-0.05, 0) is 187 Å². The van der Waals surface area contributed by atoms with Crippen LogP contribution in [0.5, 0.6) is 69.0 Å². The van der Waals surface area contributed by atoms with Gasteiger partial charge in [0.25, 0.3) is 0 Å². The van der Waals surface area contributed by atoms with Crippen molar-refractivity contribution >= 4 is 0 Å². The maximum Gasteiger partial charge on any atom is 0.160 e. The lowest BCUT2D eigenvalue weighted by atomic mass is 9.77. The predicted octanol–water partition coefficient (Wildman–Crippen LogP) is 22.4. The first-order valence-electron chi connectivity index (χ1n) is 35.3. The summed E-state index contributed by atoms with van der Waals surface area (Å²) >= 11 is 0. The van der Waals surface area contributed by atoms with Crippen LogP contribution in [0.3, 0.4) is 0 Å². The Hall–Kier alpha value is -11.5. The predicted molar refractivity (Wildman–Crippen MR) is 445 cm³/mol. The zero-order chi connectivity index (χ0) is 80.0. The molecular formula is C94H118O13. The fourth-order valence-electron chi connectivity index (χ4n) is 9.71. The van der Waals surface area contributed by atoms with Gasteiger partial charge in [0.05, 0.1) is 56.9 Å². The molecule has 11 aromatic rings. The highest BCUT2D eigenvalue weighted by Gasteiger charge is 2.26.